The first-order valence-electron chi connectivity index (χ1n) is 9.68. The van der Waals surface area contributed by atoms with Gasteiger partial charge in [0.2, 0.25) is 11.8 Å². The zero-order valence-electron chi connectivity index (χ0n) is 16.6. The number of unbranched alkanes of at least 4 members (excludes halogenated alkanes) is 1. The fourth-order valence-electron chi connectivity index (χ4n) is 2.97. The standard InChI is InChI=1S/C23H30N2O2/c1-4-5-15-24-23(27)19(3)25(17-20-12-7-6-8-13-20)22(26)16-21-14-10-9-11-18(21)2/h6-14,19H,4-5,15-17H2,1-3H3,(H,24,27)/t19-/m0/s1. The smallest absolute Gasteiger partial charge is 0.242 e. The van der Waals surface area contributed by atoms with Crippen LogP contribution in [0.5, 0.6) is 0 Å². The molecule has 2 rings (SSSR count). The molecule has 0 spiro atoms. The van der Waals surface area contributed by atoms with Crippen molar-refractivity contribution in [2.24, 2.45) is 0 Å². The van der Waals surface area contributed by atoms with Gasteiger partial charge in [-0.1, -0.05) is 67.9 Å². The highest BCUT2D eigenvalue weighted by Crippen LogP contribution is 2.14. The maximum atomic E-state index is 13.1. The van der Waals surface area contributed by atoms with E-state index >= 15 is 0 Å². The van der Waals surface area contributed by atoms with Crippen molar-refractivity contribution < 1.29 is 9.59 Å². The molecule has 0 radical (unpaired) electrons. The quantitative estimate of drug-likeness (QED) is 0.685. The van der Waals surface area contributed by atoms with Crippen molar-refractivity contribution in [1.82, 2.24) is 10.2 Å². The first-order chi connectivity index (χ1) is 13.0. The molecule has 2 aromatic rings. The lowest BCUT2D eigenvalue weighted by Gasteiger charge is -2.29. The molecule has 0 aliphatic rings. The number of carbonyl (C=O) groups is 2. The fraction of sp³-hybridized carbons (Fsp3) is 0.391. The lowest BCUT2D eigenvalue weighted by Crippen LogP contribution is -2.48. The Bertz CT molecular complexity index is 743. The van der Waals surface area contributed by atoms with Gasteiger partial charge in [-0.3, -0.25) is 9.59 Å². The second-order valence-corrected chi connectivity index (χ2v) is 6.93. The average molecular weight is 367 g/mol. The monoisotopic (exact) mass is 366 g/mol. The summed E-state index contributed by atoms with van der Waals surface area (Å²) in [4.78, 5) is 27.3. The Balaban J connectivity index is 2.16. The molecule has 0 heterocycles. The largest absolute Gasteiger partial charge is 0.354 e. The Hall–Kier alpha value is -2.62. The van der Waals surface area contributed by atoms with Gasteiger partial charge in [0.05, 0.1) is 6.42 Å². The van der Waals surface area contributed by atoms with Gasteiger partial charge in [0, 0.05) is 13.1 Å². The maximum Gasteiger partial charge on any atom is 0.242 e. The molecule has 0 aliphatic heterocycles. The highest BCUT2D eigenvalue weighted by atomic mass is 16.2. The van der Waals surface area contributed by atoms with Crippen LogP contribution in [0.1, 0.15) is 43.4 Å². The number of hydrogen-bond donors (Lipinski definition) is 1. The average Bonchev–Trinajstić information content (AvgIpc) is 2.68. The Labute approximate surface area is 162 Å². The molecule has 0 aliphatic carbocycles. The van der Waals surface area contributed by atoms with Gasteiger partial charge >= 0.3 is 0 Å². The van der Waals surface area contributed by atoms with Crippen LogP contribution in [0.15, 0.2) is 54.6 Å². The van der Waals surface area contributed by atoms with Crippen LogP contribution >= 0.6 is 0 Å². The predicted octanol–water partition coefficient (Wildman–Crippen LogP) is 3.87. The number of benzene rings is 2. The van der Waals surface area contributed by atoms with E-state index in [0.717, 1.165) is 29.5 Å². The molecule has 0 saturated carbocycles. The summed E-state index contributed by atoms with van der Waals surface area (Å²) in [6.07, 6.45) is 2.26. The SMILES string of the molecule is CCCCNC(=O)[C@H](C)N(Cc1ccccc1)C(=O)Cc1ccccc1C. The molecule has 0 aromatic heterocycles. The van der Waals surface area contributed by atoms with Gasteiger partial charge in [-0.25, -0.2) is 0 Å². The summed E-state index contributed by atoms with van der Waals surface area (Å²) in [6.45, 7) is 6.97. The van der Waals surface area contributed by atoms with Gasteiger partial charge in [-0.2, -0.15) is 0 Å². The molecule has 0 unspecified atom stereocenters. The molecule has 0 fully saturated rings. The number of nitrogens with one attached hydrogen (secondary N) is 1. The summed E-state index contributed by atoms with van der Waals surface area (Å²) in [7, 11) is 0. The molecule has 0 saturated heterocycles. The predicted molar refractivity (Wildman–Crippen MR) is 109 cm³/mol. The topological polar surface area (TPSA) is 49.4 Å². The van der Waals surface area contributed by atoms with E-state index in [-0.39, 0.29) is 11.8 Å². The van der Waals surface area contributed by atoms with Crippen molar-refractivity contribution in [1.29, 1.82) is 0 Å². The minimum atomic E-state index is -0.515. The fourth-order valence-corrected chi connectivity index (χ4v) is 2.97. The maximum absolute atomic E-state index is 13.1. The Morgan fingerprint density at radius 2 is 1.70 bits per heavy atom. The third kappa shape index (κ3) is 6.24. The van der Waals surface area contributed by atoms with E-state index in [1.165, 1.54) is 0 Å². The molecule has 1 N–H and O–H groups in total. The number of amides is 2. The number of nitrogens with zero attached hydrogens (tertiary/aromatic N) is 1. The normalized spacial score (nSPS) is 11.7. The number of carbonyl (C=O) groups excluding carboxylic acids is 2. The molecule has 144 valence electrons. The van der Waals surface area contributed by atoms with E-state index < -0.39 is 6.04 Å². The van der Waals surface area contributed by atoms with E-state index in [1.54, 1.807) is 11.8 Å². The van der Waals surface area contributed by atoms with Crippen LogP contribution in [0.4, 0.5) is 0 Å². The summed E-state index contributed by atoms with van der Waals surface area (Å²) in [5.74, 6) is -0.135. The summed E-state index contributed by atoms with van der Waals surface area (Å²) >= 11 is 0. The van der Waals surface area contributed by atoms with E-state index in [0.29, 0.717) is 19.5 Å². The molecule has 27 heavy (non-hydrogen) atoms. The molecule has 4 nitrogen and oxygen atoms in total. The third-order valence-corrected chi connectivity index (χ3v) is 4.80. The third-order valence-electron chi connectivity index (χ3n) is 4.80. The van der Waals surface area contributed by atoms with Gasteiger partial charge in [-0.15, -0.1) is 0 Å². The van der Waals surface area contributed by atoms with Crippen molar-refractivity contribution in [3.63, 3.8) is 0 Å². The summed E-state index contributed by atoms with van der Waals surface area (Å²) < 4.78 is 0. The van der Waals surface area contributed by atoms with E-state index in [4.69, 9.17) is 0 Å². The summed E-state index contributed by atoms with van der Waals surface area (Å²) in [6, 6.07) is 17.2. The molecule has 4 heteroatoms. The molecular weight excluding hydrogens is 336 g/mol. The molecule has 1 atom stereocenters. The van der Waals surface area contributed by atoms with Crippen LogP contribution in [-0.4, -0.2) is 29.3 Å². The van der Waals surface area contributed by atoms with Gasteiger partial charge in [0.15, 0.2) is 0 Å². The van der Waals surface area contributed by atoms with Crippen molar-refractivity contribution in [2.45, 2.75) is 52.6 Å². The van der Waals surface area contributed by atoms with E-state index in [1.807, 2.05) is 61.5 Å². The molecule has 2 amide bonds. The summed E-state index contributed by atoms with van der Waals surface area (Å²) in [5.41, 5.74) is 3.11. The Kier molecular flexibility index (Phi) is 8.05. The van der Waals surface area contributed by atoms with Crippen LogP contribution < -0.4 is 5.32 Å². The van der Waals surface area contributed by atoms with Gasteiger partial charge in [-0.05, 0) is 37.0 Å². The number of rotatable bonds is 9. The minimum absolute atomic E-state index is 0.0358. The Morgan fingerprint density at radius 3 is 2.37 bits per heavy atom. The van der Waals surface area contributed by atoms with Crippen LogP contribution in [0, 0.1) is 6.92 Å². The van der Waals surface area contributed by atoms with Crippen LogP contribution in [0.2, 0.25) is 0 Å². The lowest BCUT2D eigenvalue weighted by molar-refractivity contribution is -0.140. The van der Waals surface area contributed by atoms with Gasteiger partial charge in [0.25, 0.3) is 0 Å². The zero-order valence-corrected chi connectivity index (χ0v) is 16.6. The molecule has 0 bridgehead atoms. The second-order valence-electron chi connectivity index (χ2n) is 6.93. The van der Waals surface area contributed by atoms with Crippen molar-refractivity contribution in [3.8, 4) is 0 Å². The van der Waals surface area contributed by atoms with Crippen molar-refractivity contribution in [3.05, 3.63) is 71.3 Å². The minimum Gasteiger partial charge on any atom is -0.354 e. The van der Waals surface area contributed by atoms with Gasteiger partial charge in [0.1, 0.15) is 6.04 Å². The lowest BCUT2D eigenvalue weighted by atomic mass is 10.0. The van der Waals surface area contributed by atoms with Gasteiger partial charge < -0.3 is 10.2 Å². The Morgan fingerprint density at radius 1 is 1.04 bits per heavy atom. The number of hydrogen-bond acceptors (Lipinski definition) is 2. The first kappa shape index (κ1) is 20.7. The zero-order chi connectivity index (χ0) is 19.6. The van der Waals surface area contributed by atoms with Crippen molar-refractivity contribution >= 4 is 11.8 Å². The van der Waals surface area contributed by atoms with Crippen LogP contribution in [0.25, 0.3) is 0 Å². The first-order valence-corrected chi connectivity index (χ1v) is 9.68. The van der Waals surface area contributed by atoms with Crippen molar-refractivity contribution in [2.75, 3.05) is 6.54 Å². The molecule has 2 aromatic carbocycles. The van der Waals surface area contributed by atoms with Crippen LogP contribution in [0.3, 0.4) is 0 Å². The number of aryl methyl sites for hydroxylation is 1. The second kappa shape index (κ2) is 10.5. The summed E-state index contributed by atoms with van der Waals surface area (Å²) in [5, 5.41) is 2.95. The van der Waals surface area contributed by atoms with E-state index in [2.05, 4.69) is 12.2 Å². The van der Waals surface area contributed by atoms with E-state index in [9.17, 15) is 9.59 Å². The van der Waals surface area contributed by atoms with Crippen LogP contribution in [-0.2, 0) is 22.6 Å². The highest BCUT2D eigenvalue weighted by Gasteiger charge is 2.26. The highest BCUT2D eigenvalue weighted by molar-refractivity contribution is 5.88. The molecular formula is C23H30N2O2.